The van der Waals surface area contributed by atoms with Gasteiger partial charge in [-0.2, -0.15) is 0 Å². The van der Waals surface area contributed by atoms with Crippen LogP contribution in [0.2, 0.25) is 10.0 Å². The van der Waals surface area contributed by atoms with Gasteiger partial charge in [-0.1, -0.05) is 23.2 Å². The van der Waals surface area contributed by atoms with Crippen LogP contribution in [0.4, 0.5) is 0 Å². The molecule has 1 aromatic rings. The molecule has 0 aromatic heterocycles. The molecule has 0 spiro atoms. The highest BCUT2D eigenvalue weighted by atomic mass is 35.5. The molecule has 23 heavy (non-hydrogen) atoms. The van der Waals surface area contributed by atoms with Crippen molar-refractivity contribution in [3.8, 4) is 0 Å². The molecule has 4 N–H and O–H groups in total. The molecule has 1 aliphatic rings. The number of likely N-dealkylation sites (N-methyl/N-ethyl adjacent to an activating group) is 1. The Bertz CT molecular complexity index is 453. The van der Waals surface area contributed by atoms with E-state index in [1.807, 2.05) is 12.1 Å². The number of nitrogens with zero attached hydrogens (tertiary/aromatic N) is 1. The maximum Gasteiger partial charge on any atom is 0.0701 e. The van der Waals surface area contributed by atoms with Crippen LogP contribution in [0, 0.1) is 0 Å². The second-order valence-corrected chi connectivity index (χ2v) is 6.16. The van der Waals surface area contributed by atoms with Crippen molar-refractivity contribution in [1.29, 1.82) is 0 Å². The molecule has 0 radical (unpaired) electrons. The van der Waals surface area contributed by atoms with E-state index < -0.39 is 0 Å². The van der Waals surface area contributed by atoms with Crippen LogP contribution in [0.3, 0.4) is 0 Å². The van der Waals surface area contributed by atoms with E-state index in [1.54, 1.807) is 0 Å². The normalized spacial score (nSPS) is 14.1. The topological polar surface area (TPSA) is 73.7 Å². The number of ether oxygens (including phenoxy) is 2. The van der Waals surface area contributed by atoms with Crippen molar-refractivity contribution in [1.82, 2.24) is 4.90 Å². The summed E-state index contributed by atoms with van der Waals surface area (Å²) in [6.07, 6.45) is 1.05. The Hall–Kier alpha value is -0.400. The van der Waals surface area contributed by atoms with Crippen LogP contribution in [0.25, 0.3) is 0 Å². The quantitative estimate of drug-likeness (QED) is 0.723. The van der Waals surface area contributed by atoms with E-state index in [4.69, 9.17) is 44.1 Å². The zero-order chi connectivity index (χ0) is 17.1. The first-order valence-corrected chi connectivity index (χ1v) is 8.55. The molecule has 1 aliphatic heterocycles. The third-order valence-corrected chi connectivity index (χ3v) is 3.90. The number of hydrogen-bond acceptors (Lipinski definition) is 5. The van der Waals surface area contributed by atoms with E-state index in [9.17, 15) is 0 Å². The number of halogens is 2. The van der Waals surface area contributed by atoms with Gasteiger partial charge < -0.3 is 25.8 Å². The summed E-state index contributed by atoms with van der Waals surface area (Å²) in [6.45, 7) is 5.58. The molecule has 0 atom stereocenters. The maximum atomic E-state index is 6.10. The lowest BCUT2D eigenvalue weighted by molar-refractivity contribution is 0.0538. The Labute approximate surface area is 148 Å². The fourth-order valence-electron chi connectivity index (χ4n) is 2.21. The van der Waals surface area contributed by atoms with Gasteiger partial charge in [-0.05, 0) is 36.7 Å². The van der Waals surface area contributed by atoms with Crippen molar-refractivity contribution in [3.63, 3.8) is 0 Å². The van der Waals surface area contributed by atoms with Crippen molar-refractivity contribution in [2.24, 2.45) is 11.5 Å². The summed E-state index contributed by atoms with van der Waals surface area (Å²) in [4.78, 5) is 2.27. The Morgan fingerprint density at radius 2 is 1.65 bits per heavy atom. The molecular weight excluding hydrogens is 337 g/mol. The van der Waals surface area contributed by atoms with Crippen LogP contribution in [0.15, 0.2) is 12.1 Å². The van der Waals surface area contributed by atoms with Crippen molar-refractivity contribution in [2.75, 3.05) is 53.1 Å². The van der Waals surface area contributed by atoms with Crippen LogP contribution >= 0.6 is 23.2 Å². The van der Waals surface area contributed by atoms with Crippen LogP contribution in [-0.2, 0) is 22.4 Å². The molecule has 2 rings (SSSR count). The minimum Gasteiger partial charge on any atom is -0.378 e. The summed E-state index contributed by atoms with van der Waals surface area (Å²) < 4.78 is 10.1. The zero-order valence-electron chi connectivity index (χ0n) is 13.7. The van der Waals surface area contributed by atoms with Crippen LogP contribution in [0.5, 0.6) is 0 Å². The van der Waals surface area contributed by atoms with Gasteiger partial charge in [0.05, 0.1) is 26.4 Å². The van der Waals surface area contributed by atoms with Crippen LogP contribution < -0.4 is 11.5 Å². The van der Waals surface area contributed by atoms with Gasteiger partial charge in [0.25, 0.3) is 0 Å². The first-order chi connectivity index (χ1) is 11.1. The average Bonchev–Trinajstić information content (AvgIpc) is 2.52. The Morgan fingerprint density at radius 3 is 2.22 bits per heavy atom. The van der Waals surface area contributed by atoms with E-state index in [0.29, 0.717) is 39.5 Å². The van der Waals surface area contributed by atoms with E-state index in [1.165, 1.54) is 11.1 Å². The third kappa shape index (κ3) is 8.31. The minimum absolute atomic E-state index is 0.566. The molecule has 0 aliphatic carbocycles. The van der Waals surface area contributed by atoms with Crippen LogP contribution in [0.1, 0.15) is 11.1 Å². The molecule has 0 saturated carbocycles. The van der Waals surface area contributed by atoms with Crippen molar-refractivity contribution < 1.29 is 9.47 Å². The lowest BCUT2D eigenvalue weighted by Crippen LogP contribution is -2.26. The number of hydrogen-bond donors (Lipinski definition) is 2. The summed E-state index contributed by atoms with van der Waals surface area (Å²) in [6, 6.07) is 3.84. The smallest absolute Gasteiger partial charge is 0.0701 e. The van der Waals surface area contributed by atoms with E-state index in [2.05, 4.69) is 11.9 Å². The highest BCUT2D eigenvalue weighted by Gasteiger charge is 2.16. The SMILES string of the molecule is CN1CCc2cc(Cl)cc(Cl)c2C1.NCCOCCOCCN. The Kier molecular flexibility index (Phi) is 10.8. The summed E-state index contributed by atoms with van der Waals surface area (Å²) in [5, 5.41) is 1.54. The maximum absolute atomic E-state index is 6.10. The van der Waals surface area contributed by atoms with Gasteiger partial charge in [0.1, 0.15) is 0 Å². The van der Waals surface area contributed by atoms with Crippen molar-refractivity contribution in [3.05, 3.63) is 33.3 Å². The first-order valence-electron chi connectivity index (χ1n) is 7.79. The van der Waals surface area contributed by atoms with Gasteiger partial charge >= 0.3 is 0 Å². The minimum atomic E-state index is 0.566. The van der Waals surface area contributed by atoms with Gasteiger partial charge in [0.15, 0.2) is 0 Å². The fourth-order valence-corrected chi connectivity index (χ4v) is 2.80. The molecule has 1 heterocycles. The van der Waals surface area contributed by atoms with E-state index >= 15 is 0 Å². The molecule has 0 unspecified atom stereocenters. The Morgan fingerprint density at radius 1 is 1.04 bits per heavy atom. The predicted molar refractivity (Wildman–Crippen MR) is 96.2 cm³/mol. The van der Waals surface area contributed by atoms with Gasteiger partial charge in [-0.25, -0.2) is 0 Å². The second-order valence-electron chi connectivity index (χ2n) is 5.32. The average molecular weight is 364 g/mol. The molecule has 0 bridgehead atoms. The largest absolute Gasteiger partial charge is 0.378 e. The molecule has 7 heteroatoms. The van der Waals surface area contributed by atoms with Gasteiger partial charge in [0.2, 0.25) is 0 Å². The third-order valence-electron chi connectivity index (χ3n) is 3.34. The van der Waals surface area contributed by atoms with Crippen molar-refractivity contribution in [2.45, 2.75) is 13.0 Å². The highest BCUT2D eigenvalue weighted by molar-refractivity contribution is 6.35. The summed E-state index contributed by atoms with van der Waals surface area (Å²) in [5.41, 5.74) is 12.9. The van der Waals surface area contributed by atoms with E-state index in [-0.39, 0.29) is 0 Å². The number of benzene rings is 1. The molecule has 0 saturated heterocycles. The number of nitrogens with two attached hydrogens (primary N) is 2. The van der Waals surface area contributed by atoms with Gasteiger partial charge in [0, 0.05) is 36.2 Å². The predicted octanol–water partition coefficient (Wildman–Crippen LogP) is 1.92. The lowest BCUT2D eigenvalue weighted by Gasteiger charge is -2.25. The fraction of sp³-hybridized carbons (Fsp3) is 0.625. The number of fused-ring (bicyclic) bond motifs is 1. The second kappa shape index (κ2) is 12.0. The Balaban J connectivity index is 0.000000241. The standard InChI is InChI=1S/C10H11Cl2N.C6H16N2O2/c1-13-3-2-7-4-8(11)5-10(12)9(7)6-13;7-1-3-9-5-6-10-4-2-8/h4-5H,2-3,6H2,1H3;1-8H2. The molecular formula is C16H27Cl2N3O2. The molecule has 132 valence electrons. The molecule has 1 aromatic carbocycles. The monoisotopic (exact) mass is 363 g/mol. The highest BCUT2D eigenvalue weighted by Crippen LogP contribution is 2.29. The van der Waals surface area contributed by atoms with Gasteiger partial charge in [-0.15, -0.1) is 0 Å². The first kappa shape index (κ1) is 20.6. The summed E-state index contributed by atoms with van der Waals surface area (Å²) >= 11 is 12.0. The lowest BCUT2D eigenvalue weighted by atomic mass is 10.0. The number of rotatable bonds is 7. The molecule has 5 nitrogen and oxygen atoms in total. The zero-order valence-corrected chi connectivity index (χ0v) is 15.2. The summed E-state index contributed by atoms with van der Waals surface area (Å²) in [5.74, 6) is 0. The van der Waals surface area contributed by atoms with Gasteiger partial charge in [-0.3, -0.25) is 0 Å². The van der Waals surface area contributed by atoms with Crippen LogP contribution in [-0.4, -0.2) is 58.0 Å². The molecule has 0 amide bonds. The summed E-state index contributed by atoms with van der Waals surface area (Å²) in [7, 11) is 2.11. The van der Waals surface area contributed by atoms with E-state index in [0.717, 1.165) is 29.6 Å². The van der Waals surface area contributed by atoms with Crippen molar-refractivity contribution >= 4 is 23.2 Å². The molecule has 0 fully saturated rings.